The summed E-state index contributed by atoms with van der Waals surface area (Å²) in [5.74, 6) is 0.128. The molecule has 1 aliphatic heterocycles. The van der Waals surface area contributed by atoms with Gasteiger partial charge in [-0.05, 0) is 12.1 Å². The van der Waals surface area contributed by atoms with E-state index < -0.39 is 0 Å². The normalized spacial score (nSPS) is 18.3. The van der Waals surface area contributed by atoms with Gasteiger partial charge in [0.2, 0.25) is 0 Å². The van der Waals surface area contributed by atoms with Crippen LogP contribution < -0.4 is 4.90 Å². The van der Waals surface area contributed by atoms with Gasteiger partial charge in [-0.25, -0.2) is 0 Å². The molecular weight excluding hydrogens is 250 g/mol. The van der Waals surface area contributed by atoms with Crippen LogP contribution in [0.3, 0.4) is 0 Å². The lowest BCUT2D eigenvalue weighted by Gasteiger charge is -2.24. The topological polar surface area (TPSA) is 37.4 Å². The molecule has 0 aliphatic carbocycles. The lowest BCUT2D eigenvalue weighted by atomic mass is 10.0. The Morgan fingerprint density at radius 1 is 0.950 bits per heavy atom. The van der Waals surface area contributed by atoms with Gasteiger partial charge in [0, 0.05) is 17.7 Å². The number of para-hydroxylation sites is 1. The molecule has 1 unspecified atom stereocenters. The maximum atomic E-state index is 12.6. The van der Waals surface area contributed by atoms with Crippen molar-refractivity contribution in [1.29, 1.82) is 0 Å². The van der Waals surface area contributed by atoms with Gasteiger partial charge < -0.3 is 4.90 Å². The molecule has 2 aromatic carbocycles. The van der Waals surface area contributed by atoms with Gasteiger partial charge in [0.25, 0.3) is 0 Å². The number of benzene rings is 2. The summed E-state index contributed by atoms with van der Waals surface area (Å²) in [6, 6.07) is 18.4. The van der Waals surface area contributed by atoms with E-state index in [0.717, 1.165) is 5.69 Å². The summed E-state index contributed by atoms with van der Waals surface area (Å²) in [5.41, 5.74) is 1.58. The van der Waals surface area contributed by atoms with E-state index in [-0.39, 0.29) is 17.6 Å². The van der Waals surface area contributed by atoms with Crippen LogP contribution in [0.2, 0.25) is 0 Å². The molecule has 1 atom stereocenters. The SMILES string of the molecule is O=C1CC(C(=O)c2ccccc2)N(c2ccccc2)C1. The first-order chi connectivity index (χ1) is 9.75. The number of carbonyl (C=O) groups is 2. The average molecular weight is 265 g/mol. The van der Waals surface area contributed by atoms with Crippen molar-refractivity contribution >= 4 is 17.3 Å². The summed E-state index contributed by atoms with van der Waals surface area (Å²) >= 11 is 0. The molecule has 0 aromatic heterocycles. The first-order valence-corrected chi connectivity index (χ1v) is 6.68. The van der Waals surface area contributed by atoms with Gasteiger partial charge >= 0.3 is 0 Å². The maximum Gasteiger partial charge on any atom is 0.185 e. The predicted molar refractivity (Wildman–Crippen MR) is 78.0 cm³/mol. The standard InChI is InChI=1S/C17H15NO2/c19-15-11-16(17(20)13-7-3-1-4-8-13)18(12-15)14-9-5-2-6-10-14/h1-10,16H,11-12H2. The van der Waals surface area contributed by atoms with Crippen LogP contribution in [0.15, 0.2) is 60.7 Å². The van der Waals surface area contributed by atoms with E-state index in [0.29, 0.717) is 18.5 Å². The van der Waals surface area contributed by atoms with E-state index >= 15 is 0 Å². The molecule has 100 valence electrons. The monoisotopic (exact) mass is 265 g/mol. The van der Waals surface area contributed by atoms with Gasteiger partial charge in [0.1, 0.15) is 0 Å². The molecule has 0 N–H and O–H groups in total. The van der Waals surface area contributed by atoms with Crippen molar-refractivity contribution < 1.29 is 9.59 Å². The molecule has 1 aliphatic rings. The molecule has 1 heterocycles. The lowest BCUT2D eigenvalue weighted by Crippen LogP contribution is -2.36. The summed E-state index contributed by atoms with van der Waals surface area (Å²) < 4.78 is 0. The lowest BCUT2D eigenvalue weighted by molar-refractivity contribution is -0.116. The fourth-order valence-electron chi connectivity index (χ4n) is 2.61. The highest BCUT2D eigenvalue weighted by Crippen LogP contribution is 2.25. The number of hydrogen-bond donors (Lipinski definition) is 0. The van der Waals surface area contributed by atoms with Crippen LogP contribution >= 0.6 is 0 Å². The number of nitrogens with zero attached hydrogens (tertiary/aromatic N) is 1. The van der Waals surface area contributed by atoms with Gasteiger partial charge in [-0.2, -0.15) is 0 Å². The van der Waals surface area contributed by atoms with E-state index in [1.165, 1.54) is 0 Å². The molecule has 1 saturated heterocycles. The molecule has 0 radical (unpaired) electrons. The minimum Gasteiger partial charge on any atom is -0.353 e. The minimum absolute atomic E-state index is 0.0142. The summed E-state index contributed by atoms with van der Waals surface area (Å²) in [6.45, 7) is 0.313. The van der Waals surface area contributed by atoms with E-state index in [4.69, 9.17) is 0 Å². The smallest absolute Gasteiger partial charge is 0.185 e. The second kappa shape index (κ2) is 5.29. The van der Waals surface area contributed by atoms with Crippen LogP contribution in [-0.2, 0) is 4.79 Å². The molecule has 3 nitrogen and oxygen atoms in total. The van der Waals surface area contributed by atoms with E-state index in [9.17, 15) is 9.59 Å². The highest BCUT2D eigenvalue weighted by molar-refractivity contribution is 6.07. The predicted octanol–water partition coefficient (Wildman–Crippen LogP) is 2.72. The molecule has 1 fully saturated rings. The van der Waals surface area contributed by atoms with E-state index in [2.05, 4.69) is 0 Å². The molecular formula is C17H15NO2. The van der Waals surface area contributed by atoms with Crippen molar-refractivity contribution in [1.82, 2.24) is 0 Å². The Kier molecular flexibility index (Phi) is 3.33. The van der Waals surface area contributed by atoms with Crippen LogP contribution in [-0.4, -0.2) is 24.2 Å². The molecule has 3 heteroatoms. The Bertz CT molecular complexity index is 622. The Labute approximate surface area is 117 Å². The van der Waals surface area contributed by atoms with Gasteiger partial charge in [-0.1, -0.05) is 48.5 Å². The minimum atomic E-state index is -0.382. The third kappa shape index (κ3) is 2.35. The molecule has 0 amide bonds. The average Bonchev–Trinajstić information content (AvgIpc) is 2.90. The van der Waals surface area contributed by atoms with Gasteiger partial charge in [-0.3, -0.25) is 9.59 Å². The van der Waals surface area contributed by atoms with Crippen molar-refractivity contribution in [2.75, 3.05) is 11.4 Å². The zero-order valence-electron chi connectivity index (χ0n) is 11.0. The highest BCUT2D eigenvalue weighted by atomic mass is 16.1. The second-order valence-corrected chi connectivity index (χ2v) is 4.95. The highest BCUT2D eigenvalue weighted by Gasteiger charge is 2.36. The fourth-order valence-corrected chi connectivity index (χ4v) is 2.61. The Morgan fingerprint density at radius 3 is 2.20 bits per heavy atom. The second-order valence-electron chi connectivity index (χ2n) is 4.95. The largest absolute Gasteiger partial charge is 0.353 e. The van der Waals surface area contributed by atoms with Crippen molar-refractivity contribution in [2.24, 2.45) is 0 Å². The van der Waals surface area contributed by atoms with Crippen molar-refractivity contribution in [3.63, 3.8) is 0 Å². The molecule has 3 rings (SSSR count). The zero-order chi connectivity index (χ0) is 13.9. The number of hydrogen-bond acceptors (Lipinski definition) is 3. The van der Waals surface area contributed by atoms with Crippen LogP contribution in [0.4, 0.5) is 5.69 Å². The summed E-state index contributed by atoms with van der Waals surface area (Å²) in [5, 5.41) is 0. The first-order valence-electron chi connectivity index (χ1n) is 6.68. The number of rotatable bonds is 3. The van der Waals surface area contributed by atoms with Crippen LogP contribution in [0.1, 0.15) is 16.8 Å². The molecule has 20 heavy (non-hydrogen) atoms. The van der Waals surface area contributed by atoms with E-state index in [1.807, 2.05) is 53.4 Å². The fraction of sp³-hybridized carbons (Fsp3) is 0.176. The first kappa shape index (κ1) is 12.6. The Balaban J connectivity index is 1.91. The molecule has 0 saturated carbocycles. The number of Topliss-reactive ketones (excluding diaryl/α,β-unsaturated/α-hetero) is 2. The van der Waals surface area contributed by atoms with Crippen molar-refractivity contribution in [3.05, 3.63) is 66.2 Å². The van der Waals surface area contributed by atoms with Crippen LogP contribution in [0.5, 0.6) is 0 Å². The molecule has 0 spiro atoms. The summed E-state index contributed by atoms with van der Waals surface area (Å²) in [7, 11) is 0. The number of carbonyl (C=O) groups excluding carboxylic acids is 2. The third-order valence-corrected chi connectivity index (χ3v) is 3.59. The Hall–Kier alpha value is -2.42. The van der Waals surface area contributed by atoms with Crippen molar-refractivity contribution in [2.45, 2.75) is 12.5 Å². The van der Waals surface area contributed by atoms with Gasteiger partial charge in [0.15, 0.2) is 11.6 Å². The van der Waals surface area contributed by atoms with Gasteiger partial charge in [0.05, 0.1) is 12.6 Å². The van der Waals surface area contributed by atoms with E-state index in [1.54, 1.807) is 12.1 Å². The Morgan fingerprint density at radius 2 is 1.55 bits per heavy atom. The molecule has 0 bridgehead atoms. The zero-order valence-corrected chi connectivity index (χ0v) is 11.0. The molecule has 2 aromatic rings. The number of anilines is 1. The van der Waals surface area contributed by atoms with Gasteiger partial charge in [-0.15, -0.1) is 0 Å². The summed E-state index contributed by atoms with van der Waals surface area (Å²) in [6.07, 6.45) is 0.294. The van der Waals surface area contributed by atoms with Crippen LogP contribution in [0, 0.1) is 0 Å². The number of ketones is 2. The third-order valence-electron chi connectivity index (χ3n) is 3.59. The summed E-state index contributed by atoms with van der Waals surface area (Å²) in [4.78, 5) is 26.3. The maximum absolute atomic E-state index is 12.6. The quantitative estimate of drug-likeness (QED) is 0.801. The van der Waals surface area contributed by atoms with Crippen LogP contribution in [0.25, 0.3) is 0 Å². The van der Waals surface area contributed by atoms with Crippen molar-refractivity contribution in [3.8, 4) is 0 Å².